The van der Waals surface area contributed by atoms with E-state index in [9.17, 15) is 8.78 Å². The normalized spacial score (nSPS) is 10.9. The van der Waals surface area contributed by atoms with Gasteiger partial charge in [-0.15, -0.1) is 10.2 Å². The fourth-order valence-electron chi connectivity index (χ4n) is 1.53. The zero-order valence-electron chi connectivity index (χ0n) is 8.51. The van der Waals surface area contributed by atoms with Crippen LogP contribution in [0.3, 0.4) is 0 Å². The maximum Gasteiger partial charge on any atom is 0.253 e. The molecule has 6 heteroatoms. The first kappa shape index (κ1) is 9.83. The molecule has 4 nitrogen and oxygen atoms in total. The number of halogens is 2. The van der Waals surface area contributed by atoms with Crippen molar-refractivity contribution in [2.75, 3.05) is 0 Å². The predicted molar refractivity (Wildman–Crippen MR) is 56.1 cm³/mol. The van der Waals surface area contributed by atoms with E-state index in [0.717, 1.165) is 12.1 Å². The van der Waals surface area contributed by atoms with Crippen molar-refractivity contribution >= 4 is 5.78 Å². The Morgan fingerprint density at radius 2 is 1.94 bits per heavy atom. The van der Waals surface area contributed by atoms with Crippen molar-refractivity contribution in [2.45, 2.75) is 0 Å². The maximum atomic E-state index is 13.1. The van der Waals surface area contributed by atoms with E-state index in [4.69, 9.17) is 0 Å². The van der Waals surface area contributed by atoms with Gasteiger partial charge in [-0.3, -0.25) is 4.40 Å². The third-order valence-corrected chi connectivity index (χ3v) is 2.37. The lowest BCUT2D eigenvalue weighted by atomic mass is 10.1. The summed E-state index contributed by atoms with van der Waals surface area (Å²) in [6.07, 6.45) is 4.94. The molecule has 0 atom stereocenters. The zero-order chi connectivity index (χ0) is 11.8. The number of hydrogen-bond donors (Lipinski definition) is 0. The van der Waals surface area contributed by atoms with E-state index in [1.54, 1.807) is 23.0 Å². The Hall–Kier alpha value is -2.37. The highest BCUT2D eigenvalue weighted by Crippen LogP contribution is 2.18. The first-order valence-corrected chi connectivity index (χ1v) is 4.86. The maximum absolute atomic E-state index is 13.1. The van der Waals surface area contributed by atoms with Crippen LogP contribution in [0.4, 0.5) is 8.78 Å². The van der Waals surface area contributed by atoms with Gasteiger partial charge >= 0.3 is 0 Å². The highest BCUT2D eigenvalue weighted by atomic mass is 19.2. The standard InChI is InChI=1S/C11H6F2N4/c12-8-2-1-7(5-9(8)13)10-6-17-4-3-14-11(17)16-15-10/h1-6H. The second-order valence-electron chi connectivity index (χ2n) is 3.48. The van der Waals surface area contributed by atoms with Crippen LogP contribution < -0.4 is 0 Å². The molecule has 0 aliphatic rings. The molecule has 1 aromatic carbocycles. The summed E-state index contributed by atoms with van der Waals surface area (Å²) in [5.41, 5.74) is 0.918. The summed E-state index contributed by atoms with van der Waals surface area (Å²) in [6, 6.07) is 3.59. The van der Waals surface area contributed by atoms with Crippen LogP contribution in [-0.2, 0) is 0 Å². The monoisotopic (exact) mass is 232 g/mol. The van der Waals surface area contributed by atoms with E-state index in [2.05, 4.69) is 15.2 Å². The van der Waals surface area contributed by atoms with Crippen molar-refractivity contribution in [3.8, 4) is 11.3 Å². The highest BCUT2D eigenvalue weighted by Gasteiger charge is 2.07. The molecular formula is C11H6F2N4. The fourth-order valence-corrected chi connectivity index (χ4v) is 1.53. The van der Waals surface area contributed by atoms with Crippen LogP contribution in [0.2, 0.25) is 0 Å². The first-order valence-electron chi connectivity index (χ1n) is 4.86. The van der Waals surface area contributed by atoms with Gasteiger partial charge in [-0.05, 0) is 18.2 Å². The van der Waals surface area contributed by atoms with Crippen LogP contribution in [0.1, 0.15) is 0 Å². The lowest BCUT2D eigenvalue weighted by Gasteiger charge is -2.01. The topological polar surface area (TPSA) is 43.1 Å². The Balaban J connectivity index is 2.16. The van der Waals surface area contributed by atoms with Crippen LogP contribution in [0.15, 0.2) is 36.8 Å². The summed E-state index contributed by atoms with van der Waals surface area (Å²) < 4.78 is 27.5. The SMILES string of the molecule is Fc1ccc(-c2cn3ccnc3nn2)cc1F. The molecule has 0 saturated carbocycles. The van der Waals surface area contributed by atoms with E-state index < -0.39 is 11.6 Å². The number of aromatic nitrogens is 4. The lowest BCUT2D eigenvalue weighted by molar-refractivity contribution is 0.509. The fraction of sp³-hybridized carbons (Fsp3) is 0. The van der Waals surface area contributed by atoms with Gasteiger partial charge < -0.3 is 0 Å². The molecule has 0 aliphatic carbocycles. The molecule has 0 bridgehead atoms. The van der Waals surface area contributed by atoms with Crippen LogP contribution in [0, 0.1) is 11.6 Å². The average molecular weight is 232 g/mol. The molecular weight excluding hydrogens is 226 g/mol. The minimum atomic E-state index is -0.907. The highest BCUT2D eigenvalue weighted by molar-refractivity contribution is 5.58. The van der Waals surface area contributed by atoms with Gasteiger partial charge in [0.2, 0.25) is 0 Å². The number of nitrogens with zero attached hydrogens (tertiary/aromatic N) is 4. The van der Waals surface area contributed by atoms with E-state index in [-0.39, 0.29) is 0 Å². The summed E-state index contributed by atoms with van der Waals surface area (Å²) >= 11 is 0. The van der Waals surface area contributed by atoms with E-state index in [1.807, 2.05) is 0 Å². The van der Waals surface area contributed by atoms with Gasteiger partial charge in [0.1, 0.15) is 5.69 Å². The molecule has 0 saturated heterocycles. The summed E-state index contributed by atoms with van der Waals surface area (Å²) in [7, 11) is 0. The molecule has 17 heavy (non-hydrogen) atoms. The summed E-state index contributed by atoms with van der Waals surface area (Å²) in [4.78, 5) is 3.94. The Morgan fingerprint density at radius 1 is 1.06 bits per heavy atom. The molecule has 3 rings (SSSR count). The Kier molecular flexibility index (Phi) is 2.07. The number of imidazole rings is 1. The smallest absolute Gasteiger partial charge is 0.253 e. The molecule has 0 aliphatic heterocycles. The van der Waals surface area contributed by atoms with Gasteiger partial charge in [0.25, 0.3) is 5.78 Å². The summed E-state index contributed by atoms with van der Waals surface area (Å²) in [6.45, 7) is 0. The second kappa shape index (κ2) is 3.58. The van der Waals surface area contributed by atoms with E-state index >= 15 is 0 Å². The van der Waals surface area contributed by atoms with Gasteiger partial charge in [0, 0.05) is 24.2 Å². The molecule has 0 spiro atoms. The third-order valence-electron chi connectivity index (χ3n) is 2.37. The quantitative estimate of drug-likeness (QED) is 0.645. The largest absolute Gasteiger partial charge is 0.288 e. The second-order valence-corrected chi connectivity index (χ2v) is 3.48. The molecule has 0 fully saturated rings. The average Bonchev–Trinajstić information content (AvgIpc) is 2.79. The number of rotatable bonds is 1. The zero-order valence-corrected chi connectivity index (χ0v) is 8.51. The minimum Gasteiger partial charge on any atom is -0.288 e. The molecule has 0 N–H and O–H groups in total. The molecule has 2 aromatic heterocycles. The summed E-state index contributed by atoms with van der Waals surface area (Å²) in [5, 5.41) is 7.75. The van der Waals surface area contributed by atoms with Crippen LogP contribution >= 0.6 is 0 Å². The number of fused-ring (bicyclic) bond motifs is 1. The van der Waals surface area contributed by atoms with Crippen LogP contribution in [-0.4, -0.2) is 19.6 Å². The van der Waals surface area contributed by atoms with Crippen LogP contribution in [0.5, 0.6) is 0 Å². The van der Waals surface area contributed by atoms with Gasteiger partial charge in [0.05, 0.1) is 0 Å². The van der Waals surface area contributed by atoms with Crippen molar-refractivity contribution < 1.29 is 8.78 Å². The van der Waals surface area contributed by atoms with E-state index in [1.165, 1.54) is 6.07 Å². The number of hydrogen-bond acceptors (Lipinski definition) is 3. The molecule has 0 radical (unpaired) electrons. The Bertz CT molecular complexity index is 693. The molecule has 3 aromatic rings. The van der Waals surface area contributed by atoms with Gasteiger partial charge in [-0.1, -0.05) is 0 Å². The van der Waals surface area contributed by atoms with Gasteiger partial charge in [0.15, 0.2) is 11.6 Å². The molecule has 0 amide bonds. The Labute approximate surface area is 94.6 Å². The molecule has 0 unspecified atom stereocenters. The van der Waals surface area contributed by atoms with Gasteiger partial charge in [-0.2, -0.15) is 0 Å². The van der Waals surface area contributed by atoms with Crippen molar-refractivity contribution in [1.82, 2.24) is 19.6 Å². The molecule has 84 valence electrons. The molecule has 2 heterocycles. The predicted octanol–water partition coefficient (Wildman–Crippen LogP) is 2.07. The van der Waals surface area contributed by atoms with Crippen molar-refractivity contribution in [3.63, 3.8) is 0 Å². The van der Waals surface area contributed by atoms with Crippen molar-refractivity contribution in [3.05, 3.63) is 48.4 Å². The van der Waals surface area contributed by atoms with Crippen molar-refractivity contribution in [2.24, 2.45) is 0 Å². The summed E-state index contributed by atoms with van der Waals surface area (Å²) in [5.74, 6) is -1.34. The van der Waals surface area contributed by atoms with Crippen molar-refractivity contribution in [1.29, 1.82) is 0 Å². The number of benzene rings is 1. The van der Waals surface area contributed by atoms with E-state index in [0.29, 0.717) is 17.0 Å². The third kappa shape index (κ3) is 1.63. The van der Waals surface area contributed by atoms with Gasteiger partial charge in [-0.25, -0.2) is 13.8 Å². The van der Waals surface area contributed by atoms with Crippen LogP contribution in [0.25, 0.3) is 17.0 Å². The minimum absolute atomic E-state index is 0.453. The first-order chi connectivity index (χ1) is 8.24. The lowest BCUT2D eigenvalue weighted by Crippen LogP contribution is -1.95. The Morgan fingerprint density at radius 3 is 2.76 bits per heavy atom.